The summed E-state index contributed by atoms with van der Waals surface area (Å²) < 4.78 is 6.98. The summed E-state index contributed by atoms with van der Waals surface area (Å²) in [5.74, 6) is 0. The maximum Gasteiger partial charge on any atom is 0.297 e. The maximum absolute atomic E-state index is 12.6. The first-order chi connectivity index (χ1) is 11.6. The molecule has 2 aromatic carbocycles. The van der Waals surface area contributed by atoms with Gasteiger partial charge in [0.25, 0.3) is 5.56 Å². The molecule has 0 aliphatic heterocycles. The minimum absolute atomic E-state index is 0.0838. The summed E-state index contributed by atoms with van der Waals surface area (Å²) in [5, 5.41) is 11.7. The van der Waals surface area contributed by atoms with Crippen LogP contribution in [-0.2, 0) is 6.54 Å². The predicted octanol–water partition coefficient (Wildman–Crippen LogP) is 3.53. The molecule has 6 heteroatoms. The van der Waals surface area contributed by atoms with Gasteiger partial charge >= 0.3 is 0 Å². The fraction of sp³-hybridized carbons (Fsp3) is 0.111. The summed E-state index contributed by atoms with van der Waals surface area (Å²) in [6.07, 6.45) is 0.592. The Kier molecular flexibility index (Phi) is 3.59. The number of aliphatic hydroxyl groups excluding tert-OH is 1. The van der Waals surface area contributed by atoms with E-state index in [1.54, 1.807) is 30.3 Å². The van der Waals surface area contributed by atoms with Gasteiger partial charge in [0.05, 0.1) is 19.0 Å². The van der Waals surface area contributed by atoms with Crippen molar-refractivity contribution in [3.8, 4) is 0 Å². The van der Waals surface area contributed by atoms with Crippen LogP contribution in [0.2, 0.25) is 5.02 Å². The first-order valence-electron chi connectivity index (χ1n) is 7.44. The highest BCUT2D eigenvalue weighted by atomic mass is 35.5. The summed E-state index contributed by atoms with van der Waals surface area (Å²) in [5.41, 5.74) is 1.71. The Morgan fingerprint density at radius 3 is 2.71 bits per heavy atom. The molecule has 2 aromatic heterocycles. The fourth-order valence-corrected chi connectivity index (χ4v) is 2.85. The monoisotopic (exact) mass is 340 g/mol. The smallest absolute Gasteiger partial charge is 0.297 e. The molecule has 0 radical (unpaired) electrons. The fourth-order valence-electron chi connectivity index (χ4n) is 2.72. The molecule has 0 amide bonds. The second kappa shape index (κ2) is 5.78. The van der Waals surface area contributed by atoms with Gasteiger partial charge in [0.15, 0.2) is 0 Å². The Morgan fingerprint density at radius 2 is 1.92 bits per heavy atom. The van der Waals surface area contributed by atoms with Crippen LogP contribution in [0.1, 0.15) is 11.7 Å². The van der Waals surface area contributed by atoms with Crippen molar-refractivity contribution in [2.75, 3.05) is 0 Å². The van der Waals surface area contributed by atoms with E-state index in [0.717, 1.165) is 5.39 Å². The highest BCUT2D eigenvalue weighted by Crippen LogP contribution is 2.24. The van der Waals surface area contributed by atoms with Crippen LogP contribution in [0.5, 0.6) is 0 Å². The van der Waals surface area contributed by atoms with Crippen LogP contribution >= 0.6 is 11.6 Å². The van der Waals surface area contributed by atoms with Gasteiger partial charge in [-0.25, -0.2) is 4.98 Å². The Labute approximate surface area is 141 Å². The lowest BCUT2D eigenvalue weighted by Gasteiger charge is -2.12. The average Bonchev–Trinajstić information content (AvgIpc) is 2.97. The summed E-state index contributed by atoms with van der Waals surface area (Å²) in [6, 6.07) is 14.2. The van der Waals surface area contributed by atoms with Crippen molar-refractivity contribution in [2.45, 2.75) is 12.6 Å². The quantitative estimate of drug-likeness (QED) is 0.619. The zero-order valence-corrected chi connectivity index (χ0v) is 13.3. The highest BCUT2D eigenvalue weighted by Gasteiger charge is 2.15. The summed E-state index contributed by atoms with van der Waals surface area (Å²) in [6.45, 7) is 0.0838. The van der Waals surface area contributed by atoms with E-state index in [0.29, 0.717) is 21.7 Å². The van der Waals surface area contributed by atoms with Crippen LogP contribution in [0.25, 0.3) is 22.1 Å². The maximum atomic E-state index is 12.6. The van der Waals surface area contributed by atoms with Gasteiger partial charge < -0.3 is 9.52 Å². The van der Waals surface area contributed by atoms with E-state index in [4.69, 9.17) is 16.0 Å². The lowest BCUT2D eigenvalue weighted by molar-refractivity contribution is 0.155. The number of aliphatic hydroxyl groups is 1. The number of benzene rings is 2. The molecule has 0 saturated heterocycles. The summed E-state index contributed by atoms with van der Waals surface area (Å²) in [7, 11) is 0. The first-order valence-corrected chi connectivity index (χ1v) is 7.81. The molecule has 0 unspecified atom stereocenters. The summed E-state index contributed by atoms with van der Waals surface area (Å²) >= 11 is 5.85. The number of fused-ring (bicyclic) bond motifs is 3. The van der Waals surface area contributed by atoms with Crippen molar-refractivity contribution in [2.24, 2.45) is 0 Å². The van der Waals surface area contributed by atoms with Crippen LogP contribution in [-0.4, -0.2) is 14.7 Å². The van der Waals surface area contributed by atoms with Crippen molar-refractivity contribution in [3.63, 3.8) is 0 Å². The topological polar surface area (TPSA) is 68.3 Å². The van der Waals surface area contributed by atoms with Gasteiger partial charge in [-0.1, -0.05) is 35.9 Å². The van der Waals surface area contributed by atoms with Crippen molar-refractivity contribution in [3.05, 3.63) is 75.8 Å². The van der Waals surface area contributed by atoms with Crippen molar-refractivity contribution in [1.82, 2.24) is 9.55 Å². The second-order valence-electron chi connectivity index (χ2n) is 5.55. The molecule has 0 bridgehead atoms. The zero-order valence-electron chi connectivity index (χ0n) is 12.5. The third-order valence-corrected chi connectivity index (χ3v) is 4.23. The molecule has 0 fully saturated rings. The van der Waals surface area contributed by atoms with Crippen LogP contribution in [0.4, 0.5) is 0 Å². The number of hydrogen-bond acceptors (Lipinski definition) is 4. The van der Waals surface area contributed by atoms with E-state index in [2.05, 4.69) is 4.98 Å². The first kappa shape index (κ1) is 14.9. The van der Waals surface area contributed by atoms with Gasteiger partial charge in [0.2, 0.25) is 5.58 Å². The summed E-state index contributed by atoms with van der Waals surface area (Å²) in [4.78, 5) is 16.9. The van der Waals surface area contributed by atoms with Gasteiger partial charge in [-0.2, -0.15) is 0 Å². The minimum atomic E-state index is -0.844. The van der Waals surface area contributed by atoms with Crippen LogP contribution in [0, 0.1) is 0 Å². The van der Waals surface area contributed by atoms with E-state index >= 15 is 0 Å². The van der Waals surface area contributed by atoms with E-state index in [-0.39, 0.29) is 17.7 Å². The van der Waals surface area contributed by atoms with E-state index in [1.165, 1.54) is 10.9 Å². The van der Waals surface area contributed by atoms with E-state index in [9.17, 15) is 9.90 Å². The predicted molar refractivity (Wildman–Crippen MR) is 92.2 cm³/mol. The molecule has 4 aromatic rings. The molecule has 5 nitrogen and oxygen atoms in total. The van der Waals surface area contributed by atoms with Gasteiger partial charge in [-0.15, -0.1) is 0 Å². The number of aromatic nitrogens is 2. The molecule has 120 valence electrons. The molecule has 24 heavy (non-hydrogen) atoms. The third kappa shape index (κ3) is 2.48. The van der Waals surface area contributed by atoms with Crippen molar-refractivity contribution in [1.29, 1.82) is 0 Å². The third-order valence-electron chi connectivity index (χ3n) is 3.98. The Morgan fingerprint density at radius 1 is 1.17 bits per heavy atom. The van der Waals surface area contributed by atoms with Crippen LogP contribution in [0.15, 0.2) is 64.1 Å². The van der Waals surface area contributed by atoms with Gasteiger partial charge in [0, 0.05) is 10.4 Å². The molecule has 4 rings (SSSR count). The minimum Gasteiger partial charge on any atom is -0.448 e. The average molecular weight is 341 g/mol. The largest absolute Gasteiger partial charge is 0.448 e. The standard InChI is InChI=1S/C18H13ClN2O3/c19-12-7-5-11(6-8-12)14(22)9-21-10-20-16-13-3-1-2-4-15(13)24-17(16)18(21)23/h1-8,10,14,22H,9H2/t14-/m1/s1. The lowest BCUT2D eigenvalue weighted by atomic mass is 10.1. The number of hydrogen-bond donors (Lipinski definition) is 1. The van der Waals surface area contributed by atoms with Crippen molar-refractivity contribution >= 4 is 33.7 Å². The lowest BCUT2D eigenvalue weighted by Crippen LogP contribution is -2.23. The zero-order chi connectivity index (χ0) is 16.7. The van der Waals surface area contributed by atoms with Crippen molar-refractivity contribution < 1.29 is 9.52 Å². The molecule has 1 atom stereocenters. The molecule has 0 saturated carbocycles. The van der Waals surface area contributed by atoms with Crippen LogP contribution < -0.4 is 5.56 Å². The van der Waals surface area contributed by atoms with Crippen LogP contribution in [0.3, 0.4) is 0 Å². The Balaban J connectivity index is 1.74. The molecular weight excluding hydrogens is 328 g/mol. The van der Waals surface area contributed by atoms with Gasteiger partial charge in [-0.3, -0.25) is 9.36 Å². The number of rotatable bonds is 3. The molecule has 0 spiro atoms. The molecule has 0 aliphatic carbocycles. The van der Waals surface area contributed by atoms with E-state index in [1.807, 2.05) is 18.2 Å². The molecule has 1 N–H and O–H groups in total. The number of furan rings is 1. The number of nitrogens with zero attached hydrogens (tertiary/aromatic N) is 2. The second-order valence-corrected chi connectivity index (χ2v) is 5.98. The SMILES string of the molecule is O=c1c2oc3ccccc3c2ncn1C[C@@H](O)c1ccc(Cl)cc1. The Hall–Kier alpha value is -2.63. The van der Waals surface area contributed by atoms with Gasteiger partial charge in [0.1, 0.15) is 11.1 Å². The molecular formula is C18H13ClN2O3. The molecule has 2 heterocycles. The normalized spacial score (nSPS) is 12.8. The number of para-hydroxylation sites is 1. The van der Waals surface area contributed by atoms with E-state index < -0.39 is 6.10 Å². The molecule has 0 aliphatic rings. The Bertz CT molecular complexity index is 1080. The van der Waals surface area contributed by atoms with Gasteiger partial charge in [-0.05, 0) is 29.8 Å². The highest BCUT2D eigenvalue weighted by molar-refractivity contribution is 6.30. The number of halogens is 1.